The number of rotatable bonds is 7. The van der Waals surface area contributed by atoms with Crippen molar-refractivity contribution in [1.29, 1.82) is 0 Å². The van der Waals surface area contributed by atoms with E-state index >= 15 is 0 Å². The number of carbonyl (C=O) groups is 2. The minimum Gasteiger partial charge on any atom is -0.383 e. The maximum Gasteiger partial charge on any atom is 0.305 e. The lowest BCUT2D eigenvalue weighted by molar-refractivity contribution is -0.384. The molecule has 0 spiro atoms. The highest BCUT2D eigenvalue weighted by molar-refractivity contribution is 6.01. The average Bonchev–Trinajstić information content (AvgIpc) is 2.49. The molecule has 0 aliphatic rings. The number of benzene rings is 1. The standard InChI is InChI=1S/C13H18N4O4/c1-3-7-15-11(18)8-16-13(19)9-5-4-6-10(14-2)12(9)17(20)21/h4-6,14H,3,7-8H2,1-2H3,(H,15,18)(H,16,19). The Balaban J connectivity index is 2.83. The van der Waals surface area contributed by atoms with Crippen molar-refractivity contribution in [2.45, 2.75) is 13.3 Å². The Bertz CT molecular complexity index is 545. The molecular formula is C13H18N4O4. The third kappa shape index (κ3) is 4.44. The highest BCUT2D eigenvalue weighted by Crippen LogP contribution is 2.27. The number of carbonyl (C=O) groups excluding carboxylic acids is 2. The molecule has 1 aromatic carbocycles. The lowest BCUT2D eigenvalue weighted by atomic mass is 10.1. The average molecular weight is 294 g/mol. The van der Waals surface area contributed by atoms with Crippen LogP contribution in [0.1, 0.15) is 23.7 Å². The molecule has 0 saturated carbocycles. The van der Waals surface area contributed by atoms with E-state index < -0.39 is 10.8 Å². The van der Waals surface area contributed by atoms with Gasteiger partial charge in [0.2, 0.25) is 5.91 Å². The van der Waals surface area contributed by atoms with Gasteiger partial charge in [0.1, 0.15) is 11.3 Å². The summed E-state index contributed by atoms with van der Waals surface area (Å²) in [4.78, 5) is 33.9. The van der Waals surface area contributed by atoms with E-state index in [0.29, 0.717) is 6.54 Å². The molecule has 0 aliphatic heterocycles. The summed E-state index contributed by atoms with van der Waals surface area (Å²) in [5.41, 5.74) is -0.162. The predicted octanol–water partition coefficient (Wildman–Crippen LogP) is 0.892. The Morgan fingerprint density at radius 1 is 1.29 bits per heavy atom. The van der Waals surface area contributed by atoms with Gasteiger partial charge in [-0.2, -0.15) is 0 Å². The summed E-state index contributed by atoms with van der Waals surface area (Å²) in [6, 6.07) is 4.38. The number of nitrogens with zero attached hydrogens (tertiary/aromatic N) is 1. The van der Waals surface area contributed by atoms with Crippen LogP contribution in [0.5, 0.6) is 0 Å². The predicted molar refractivity (Wildman–Crippen MR) is 78.3 cm³/mol. The summed E-state index contributed by atoms with van der Waals surface area (Å²) in [6.07, 6.45) is 0.787. The van der Waals surface area contributed by atoms with E-state index in [4.69, 9.17) is 0 Å². The molecule has 0 aliphatic carbocycles. The summed E-state index contributed by atoms with van der Waals surface area (Å²) in [6.45, 7) is 2.20. The first-order valence-electron chi connectivity index (χ1n) is 6.51. The smallest absolute Gasteiger partial charge is 0.305 e. The summed E-state index contributed by atoms with van der Waals surface area (Å²) >= 11 is 0. The second kappa shape index (κ2) is 7.83. The van der Waals surface area contributed by atoms with E-state index in [-0.39, 0.29) is 29.4 Å². The van der Waals surface area contributed by atoms with Crippen molar-refractivity contribution in [3.8, 4) is 0 Å². The molecule has 3 N–H and O–H groups in total. The Morgan fingerprint density at radius 3 is 2.57 bits per heavy atom. The van der Waals surface area contributed by atoms with Crippen LogP contribution in [0.3, 0.4) is 0 Å². The fourth-order valence-corrected chi connectivity index (χ4v) is 1.71. The fraction of sp³-hybridized carbons (Fsp3) is 0.385. The molecule has 0 unspecified atom stereocenters. The lowest BCUT2D eigenvalue weighted by Gasteiger charge is -2.08. The number of nitro benzene ring substituents is 1. The Kier molecular flexibility index (Phi) is 6.12. The van der Waals surface area contributed by atoms with Crippen molar-refractivity contribution in [3.63, 3.8) is 0 Å². The third-order valence-corrected chi connectivity index (χ3v) is 2.71. The quantitative estimate of drug-likeness (QED) is 0.510. The summed E-state index contributed by atoms with van der Waals surface area (Å²) in [7, 11) is 1.53. The summed E-state index contributed by atoms with van der Waals surface area (Å²) < 4.78 is 0. The van der Waals surface area contributed by atoms with E-state index in [9.17, 15) is 19.7 Å². The highest BCUT2D eigenvalue weighted by atomic mass is 16.6. The van der Waals surface area contributed by atoms with Crippen LogP contribution in [-0.2, 0) is 4.79 Å². The van der Waals surface area contributed by atoms with Crippen molar-refractivity contribution < 1.29 is 14.5 Å². The molecular weight excluding hydrogens is 276 g/mol. The van der Waals surface area contributed by atoms with Crippen LogP contribution in [0, 0.1) is 10.1 Å². The Morgan fingerprint density at radius 2 is 2.00 bits per heavy atom. The zero-order chi connectivity index (χ0) is 15.8. The van der Waals surface area contributed by atoms with Gasteiger partial charge in [-0.15, -0.1) is 0 Å². The van der Waals surface area contributed by atoms with Crippen molar-refractivity contribution in [1.82, 2.24) is 10.6 Å². The Labute approximate surface area is 122 Å². The van der Waals surface area contributed by atoms with Crippen LogP contribution in [0.2, 0.25) is 0 Å². The van der Waals surface area contributed by atoms with Gasteiger partial charge >= 0.3 is 5.69 Å². The highest BCUT2D eigenvalue weighted by Gasteiger charge is 2.24. The zero-order valence-corrected chi connectivity index (χ0v) is 11.9. The first-order valence-corrected chi connectivity index (χ1v) is 6.51. The van der Waals surface area contributed by atoms with E-state index in [1.54, 1.807) is 0 Å². The molecule has 8 nitrogen and oxygen atoms in total. The van der Waals surface area contributed by atoms with Crippen LogP contribution in [0.4, 0.5) is 11.4 Å². The number of para-hydroxylation sites is 1. The van der Waals surface area contributed by atoms with E-state index in [1.807, 2.05) is 6.92 Å². The molecule has 0 saturated heterocycles. The monoisotopic (exact) mass is 294 g/mol. The second-order valence-electron chi connectivity index (χ2n) is 4.24. The molecule has 1 rings (SSSR count). The van der Waals surface area contributed by atoms with E-state index in [2.05, 4.69) is 16.0 Å². The second-order valence-corrected chi connectivity index (χ2v) is 4.24. The first-order chi connectivity index (χ1) is 10.0. The number of hydrogen-bond acceptors (Lipinski definition) is 5. The topological polar surface area (TPSA) is 113 Å². The maximum absolute atomic E-state index is 12.0. The van der Waals surface area contributed by atoms with Crippen LogP contribution >= 0.6 is 0 Å². The van der Waals surface area contributed by atoms with Gasteiger partial charge in [-0.3, -0.25) is 19.7 Å². The van der Waals surface area contributed by atoms with Gasteiger partial charge in [0.15, 0.2) is 0 Å². The molecule has 0 bridgehead atoms. The van der Waals surface area contributed by atoms with Crippen molar-refractivity contribution in [2.24, 2.45) is 0 Å². The number of amides is 2. The molecule has 0 atom stereocenters. The first kappa shape index (κ1) is 16.4. The molecule has 21 heavy (non-hydrogen) atoms. The number of hydrogen-bond donors (Lipinski definition) is 3. The fourth-order valence-electron chi connectivity index (χ4n) is 1.71. The van der Waals surface area contributed by atoms with Crippen LogP contribution < -0.4 is 16.0 Å². The summed E-state index contributed by atoms with van der Waals surface area (Å²) in [5, 5.41) is 18.7. The molecule has 0 fully saturated rings. The molecule has 0 heterocycles. The van der Waals surface area contributed by atoms with Gasteiger partial charge in [-0.1, -0.05) is 13.0 Å². The minimum atomic E-state index is -0.662. The molecule has 8 heteroatoms. The third-order valence-electron chi connectivity index (χ3n) is 2.71. The Hall–Kier alpha value is -2.64. The summed E-state index contributed by atoms with van der Waals surface area (Å²) in [5.74, 6) is -0.997. The SMILES string of the molecule is CCCNC(=O)CNC(=O)c1cccc(NC)c1[N+](=O)[O-]. The van der Waals surface area contributed by atoms with E-state index in [1.165, 1.54) is 25.2 Å². The molecule has 114 valence electrons. The molecule has 1 aromatic rings. The van der Waals surface area contributed by atoms with Crippen molar-refractivity contribution >= 4 is 23.2 Å². The molecule has 0 aromatic heterocycles. The van der Waals surface area contributed by atoms with Gasteiger partial charge < -0.3 is 16.0 Å². The number of nitrogens with one attached hydrogen (secondary N) is 3. The van der Waals surface area contributed by atoms with Gasteiger partial charge in [-0.25, -0.2) is 0 Å². The van der Waals surface area contributed by atoms with Gasteiger partial charge in [-0.05, 0) is 18.6 Å². The number of nitro groups is 1. The normalized spacial score (nSPS) is 9.81. The van der Waals surface area contributed by atoms with Gasteiger partial charge in [0, 0.05) is 13.6 Å². The number of anilines is 1. The molecule has 0 radical (unpaired) electrons. The zero-order valence-electron chi connectivity index (χ0n) is 11.9. The van der Waals surface area contributed by atoms with Crippen molar-refractivity contribution in [3.05, 3.63) is 33.9 Å². The van der Waals surface area contributed by atoms with Gasteiger partial charge in [0.25, 0.3) is 5.91 Å². The maximum atomic E-state index is 12.0. The van der Waals surface area contributed by atoms with Crippen LogP contribution in [0.25, 0.3) is 0 Å². The van der Waals surface area contributed by atoms with E-state index in [0.717, 1.165) is 6.42 Å². The van der Waals surface area contributed by atoms with Crippen molar-refractivity contribution in [2.75, 3.05) is 25.5 Å². The van der Waals surface area contributed by atoms with Gasteiger partial charge in [0.05, 0.1) is 11.5 Å². The van der Waals surface area contributed by atoms with Crippen LogP contribution in [0.15, 0.2) is 18.2 Å². The lowest BCUT2D eigenvalue weighted by Crippen LogP contribution is -2.37. The molecule has 2 amide bonds. The van der Waals surface area contributed by atoms with Crippen LogP contribution in [-0.4, -0.2) is 36.9 Å². The minimum absolute atomic E-state index is 0.0878. The largest absolute Gasteiger partial charge is 0.383 e.